The number of carbonyl (C=O) groups is 1. The predicted molar refractivity (Wildman–Crippen MR) is 82.3 cm³/mol. The first kappa shape index (κ1) is 16.4. The number of hydrogen-bond acceptors (Lipinski definition) is 2. The average molecular weight is 275 g/mol. The van der Waals surface area contributed by atoms with Crippen molar-refractivity contribution in [2.75, 3.05) is 0 Å². The summed E-state index contributed by atoms with van der Waals surface area (Å²) in [7, 11) is 0. The zero-order valence-electron chi connectivity index (χ0n) is 12.8. The number of rotatable bonds is 6. The Morgan fingerprint density at radius 1 is 1.25 bits per heavy atom. The normalized spacial score (nSPS) is 15.2. The minimum Gasteiger partial charge on any atom is -0.388 e. The second-order valence-corrected chi connectivity index (χ2v) is 5.30. The summed E-state index contributed by atoms with van der Waals surface area (Å²) in [6, 6.07) is 9.44. The molecule has 3 nitrogen and oxygen atoms in total. The van der Waals surface area contributed by atoms with Crippen molar-refractivity contribution in [1.82, 2.24) is 5.32 Å². The van der Waals surface area contributed by atoms with Crippen LogP contribution in [0.15, 0.2) is 41.5 Å². The lowest BCUT2D eigenvalue weighted by Crippen LogP contribution is -2.34. The fraction of sp³-hybridized carbons (Fsp3) is 0.471. The van der Waals surface area contributed by atoms with Crippen LogP contribution in [0, 0.1) is 0 Å². The third-order valence-electron chi connectivity index (χ3n) is 3.65. The van der Waals surface area contributed by atoms with Crippen LogP contribution in [0.25, 0.3) is 0 Å². The summed E-state index contributed by atoms with van der Waals surface area (Å²) in [6.07, 6.45) is 0.831. The van der Waals surface area contributed by atoms with Crippen LogP contribution in [-0.4, -0.2) is 17.1 Å². The Morgan fingerprint density at radius 2 is 1.85 bits per heavy atom. The zero-order valence-corrected chi connectivity index (χ0v) is 12.8. The Balaban J connectivity index is 2.56. The first-order valence-corrected chi connectivity index (χ1v) is 7.15. The predicted octanol–water partition coefficient (Wildman–Crippen LogP) is 3.36. The van der Waals surface area contributed by atoms with Gasteiger partial charge >= 0.3 is 0 Å². The second-order valence-electron chi connectivity index (χ2n) is 5.30. The van der Waals surface area contributed by atoms with Crippen LogP contribution in [0.5, 0.6) is 0 Å². The minimum atomic E-state index is -0.553. The molecular weight excluding hydrogens is 250 g/mol. The highest BCUT2D eigenvalue weighted by Crippen LogP contribution is 2.18. The van der Waals surface area contributed by atoms with Crippen LogP contribution in [0.2, 0.25) is 0 Å². The summed E-state index contributed by atoms with van der Waals surface area (Å²) in [5, 5.41) is 13.1. The van der Waals surface area contributed by atoms with Crippen LogP contribution in [0.4, 0.5) is 0 Å². The van der Waals surface area contributed by atoms with Gasteiger partial charge in [-0.05, 0) is 39.2 Å². The summed E-state index contributed by atoms with van der Waals surface area (Å²) in [5.74, 6) is -0.0443. The van der Waals surface area contributed by atoms with Gasteiger partial charge in [0.25, 0.3) is 0 Å². The lowest BCUT2D eigenvalue weighted by molar-refractivity contribution is -0.118. The van der Waals surface area contributed by atoms with Gasteiger partial charge in [-0.2, -0.15) is 0 Å². The summed E-state index contributed by atoms with van der Waals surface area (Å²) < 4.78 is 0. The number of aliphatic hydroxyl groups excluding tert-OH is 1. The number of hydrogen-bond donors (Lipinski definition) is 2. The summed E-state index contributed by atoms with van der Waals surface area (Å²) in [6.45, 7) is 7.76. The van der Waals surface area contributed by atoms with Crippen molar-refractivity contribution in [3.8, 4) is 0 Å². The van der Waals surface area contributed by atoms with Gasteiger partial charge in [-0.1, -0.05) is 42.8 Å². The molecule has 0 saturated heterocycles. The molecule has 0 aliphatic heterocycles. The van der Waals surface area contributed by atoms with Gasteiger partial charge < -0.3 is 10.4 Å². The summed E-state index contributed by atoms with van der Waals surface area (Å²) >= 11 is 0. The van der Waals surface area contributed by atoms with E-state index < -0.39 is 6.10 Å². The molecule has 2 unspecified atom stereocenters. The van der Waals surface area contributed by atoms with Crippen LogP contribution < -0.4 is 5.32 Å². The van der Waals surface area contributed by atoms with Gasteiger partial charge in [-0.15, -0.1) is 0 Å². The molecule has 0 aliphatic carbocycles. The molecule has 0 radical (unpaired) electrons. The first-order chi connectivity index (χ1) is 9.45. The van der Waals surface area contributed by atoms with Crippen molar-refractivity contribution in [3.63, 3.8) is 0 Å². The van der Waals surface area contributed by atoms with E-state index in [2.05, 4.69) is 5.32 Å². The highest BCUT2D eigenvalue weighted by atomic mass is 16.3. The molecule has 0 aromatic heterocycles. The number of benzene rings is 1. The van der Waals surface area contributed by atoms with Crippen LogP contribution >= 0.6 is 0 Å². The molecule has 0 bridgehead atoms. The first-order valence-electron chi connectivity index (χ1n) is 7.15. The van der Waals surface area contributed by atoms with E-state index in [-0.39, 0.29) is 11.9 Å². The average Bonchev–Trinajstić information content (AvgIpc) is 2.46. The molecule has 1 rings (SSSR count). The number of allylic oxidation sites excluding steroid dienone is 1. The fourth-order valence-electron chi connectivity index (χ4n) is 2.00. The van der Waals surface area contributed by atoms with Crippen LogP contribution in [-0.2, 0) is 4.79 Å². The largest absolute Gasteiger partial charge is 0.388 e. The van der Waals surface area contributed by atoms with Crippen molar-refractivity contribution in [2.45, 2.75) is 52.7 Å². The molecule has 2 N–H and O–H groups in total. The van der Waals surface area contributed by atoms with Gasteiger partial charge in [0.1, 0.15) is 0 Å². The van der Waals surface area contributed by atoms with Gasteiger partial charge in [-0.25, -0.2) is 0 Å². The van der Waals surface area contributed by atoms with E-state index in [1.807, 2.05) is 58.0 Å². The fourth-order valence-corrected chi connectivity index (χ4v) is 2.00. The van der Waals surface area contributed by atoms with E-state index in [1.54, 1.807) is 0 Å². The standard InChI is InChI=1S/C17H25NO2/c1-5-12(2)14(4)17(20)18-13(3)11-16(19)15-9-7-6-8-10-15/h6-10,13,16,19H,5,11H2,1-4H3,(H,18,20)/b14-12-. The van der Waals surface area contributed by atoms with Crippen molar-refractivity contribution in [1.29, 1.82) is 0 Å². The van der Waals surface area contributed by atoms with Crippen LogP contribution in [0.3, 0.4) is 0 Å². The maximum atomic E-state index is 12.0. The van der Waals surface area contributed by atoms with Gasteiger partial charge in [0.2, 0.25) is 5.91 Å². The molecule has 0 fully saturated rings. The van der Waals surface area contributed by atoms with E-state index in [0.717, 1.165) is 23.1 Å². The lowest BCUT2D eigenvalue weighted by atomic mass is 10.0. The van der Waals surface area contributed by atoms with Crippen LogP contribution in [0.1, 0.15) is 52.2 Å². The van der Waals surface area contributed by atoms with E-state index >= 15 is 0 Å². The molecule has 1 aromatic carbocycles. The number of aliphatic hydroxyl groups is 1. The molecule has 110 valence electrons. The Morgan fingerprint density at radius 3 is 2.40 bits per heavy atom. The second kappa shape index (κ2) is 7.85. The van der Waals surface area contributed by atoms with E-state index in [1.165, 1.54) is 0 Å². The van der Waals surface area contributed by atoms with E-state index in [4.69, 9.17) is 0 Å². The van der Waals surface area contributed by atoms with Gasteiger partial charge in [0.15, 0.2) is 0 Å². The highest BCUT2D eigenvalue weighted by Gasteiger charge is 2.15. The molecule has 3 heteroatoms. The van der Waals surface area contributed by atoms with Crippen molar-refractivity contribution < 1.29 is 9.90 Å². The third-order valence-corrected chi connectivity index (χ3v) is 3.65. The lowest BCUT2D eigenvalue weighted by Gasteiger charge is -2.19. The Labute approximate surface area is 121 Å². The number of amides is 1. The topological polar surface area (TPSA) is 49.3 Å². The molecule has 1 aromatic rings. The molecule has 0 aliphatic rings. The molecule has 0 heterocycles. The van der Waals surface area contributed by atoms with Crippen molar-refractivity contribution in [3.05, 3.63) is 47.0 Å². The summed E-state index contributed by atoms with van der Waals surface area (Å²) in [5.41, 5.74) is 2.75. The smallest absolute Gasteiger partial charge is 0.247 e. The van der Waals surface area contributed by atoms with Crippen molar-refractivity contribution >= 4 is 5.91 Å². The molecule has 0 saturated carbocycles. The number of nitrogens with one attached hydrogen (secondary N) is 1. The molecule has 0 spiro atoms. The quantitative estimate of drug-likeness (QED) is 0.782. The highest BCUT2D eigenvalue weighted by molar-refractivity contribution is 5.93. The molecule has 1 amide bonds. The van der Waals surface area contributed by atoms with Crippen molar-refractivity contribution in [2.24, 2.45) is 0 Å². The van der Waals surface area contributed by atoms with Gasteiger partial charge in [-0.3, -0.25) is 4.79 Å². The van der Waals surface area contributed by atoms with E-state index in [0.29, 0.717) is 6.42 Å². The SMILES string of the molecule is CC/C(C)=C(/C)C(=O)NC(C)CC(O)c1ccccc1. The van der Waals surface area contributed by atoms with Gasteiger partial charge in [0.05, 0.1) is 6.10 Å². The zero-order chi connectivity index (χ0) is 15.1. The third kappa shape index (κ3) is 4.82. The van der Waals surface area contributed by atoms with Gasteiger partial charge in [0, 0.05) is 11.6 Å². The summed E-state index contributed by atoms with van der Waals surface area (Å²) in [4.78, 5) is 12.0. The Hall–Kier alpha value is -1.61. The Kier molecular flexibility index (Phi) is 6.46. The molecule has 2 atom stereocenters. The maximum Gasteiger partial charge on any atom is 0.247 e. The van der Waals surface area contributed by atoms with E-state index in [9.17, 15) is 9.90 Å². The molecule has 20 heavy (non-hydrogen) atoms. The molecular formula is C17H25NO2. The maximum absolute atomic E-state index is 12.0. The number of carbonyl (C=O) groups excluding carboxylic acids is 1. The monoisotopic (exact) mass is 275 g/mol. The Bertz CT molecular complexity index is 465. The minimum absolute atomic E-state index is 0.0443.